The molecule has 0 atom stereocenters. The molecule has 0 aliphatic heterocycles. The summed E-state index contributed by atoms with van der Waals surface area (Å²) in [5.74, 6) is -2.18. The molecule has 0 amide bonds. The van der Waals surface area contributed by atoms with E-state index >= 15 is 0 Å². The lowest BCUT2D eigenvalue weighted by atomic mass is 10.1. The van der Waals surface area contributed by atoms with Crippen LogP contribution in [0.3, 0.4) is 0 Å². The predicted molar refractivity (Wildman–Crippen MR) is 63.7 cm³/mol. The van der Waals surface area contributed by atoms with Crippen molar-refractivity contribution in [3.05, 3.63) is 41.7 Å². The van der Waals surface area contributed by atoms with E-state index in [4.69, 9.17) is 10.8 Å². The zero-order valence-corrected chi connectivity index (χ0v) is 9.27. The molecule has 0 radical (unpaired) electrons. The first-order chi connectivity index (χ1) is 8.58. The second-order valence-corrected chi connectivity index (χ2v) is 3.65. The Labute approximate surface area is 102 Å². The summed E-state index contributed by atoms with van der Waals surface area (Å²) in [6.45, 7) is 0.385. The number of anilines is 2. The van der Waals surface area contributed by atoms with Gasteiger partial charge in [-0.1, -0.05) is 0 Å². The van der Waals surface area contributed by atoms with Gasteiger partial charge in [-0.3, -0.25) is 0 Å². The second-order valence-electron chi connectivity index (χ2n) is 3.65. The van der Waals surface area contributed by atoms with Crippen molar-refractivity contribution < 1.29 is 14.3 Å². The van der Waals surface area contributed by atoms with Gasteiger partial charge in [0.15, 0.2) is 0 Å². The molecule has 18 heavy (non-hydrogen) atoms. The lowest BCUT2D eigenvalue weighted by molar-refractivity contribution is 0.0692. The Morgan fingerprint density at radius 1 is 1.56 bits per heavy atom. The summed E-state index contributed by atoms with van der Waals surface area (Å²) in [6.07, 6.45) is 3.14. The Kier molecular flexibility index (Phi) is 3.13. The van der Waals surface area contributed by atoms with E-state index < -0.39 is 17.3 Å². The number of hydrogen-bond acceptors (Lipinski definition) is 4. The van der Waals surface area contributed by atoms with E-state index in [1.165, 1.54) is 6.33 Å². The van der Waals surface area contributed by atoms with Crippen molar-refractivity contribution in [3.8, 4) is 0 Å². The Balaban J connectivity index is 2.19. The highest BCUT2D eigenvalue weighted by Gasteiger charge is 2.13. The van der Waals surface area contributed by atoms with Crippen molar-refractivity contribution >= 4 is 17.3 Å². The van der Waals surface area contributed by atoms with Crippen LogP contribution in [0.2, 0.25) is 0 Å². The molecule has 0 spiro atoms. The number of hydrogen-bond donors (Lipinski definition) is 4. The number of carboxylic acids is 1. The Morgan fingerprint density at radius 2 is 2.33 bits per heavy atom. The first kappa shape index (κ1) is 11.9. The number of nitrogens with one attached hydrogen (secondary N) is 2. The van der Waals surface area contributed by atoms with Crippen LogP contribution < -0.4 is 11.1 Å². The highest BCUT2D eigenvalue weighted by molar-refractivity contribution is 5.90. The molecule has 6 nitrogen and oxygen atoms in total. The van der Waals surface area contributed by atoms with E-state index in [0.717, 1.165) is 17.8 Å². The summed E-state index contributed by atoms with van der Waals surface area (Å²) in [5.41, 5.74) is 6.52. The van der Waals surface area contributed by atoms with E-state index in [9.17, 15) is 9.18 Å². The van der Waals surface area contributed by atoms with E-state index in [0.29, 0.717) is 12.2 Å². The minimum Gasteiger partial charge on any atom is -0.478 e. The summed E-state index contributed by atoms with van der Waals surface area (Å²) < 4.78 is 13.5. The quantitative estimate of drug-likeness (QED) is 0.615. The van der Waals surface area contributed by atoms with Gasteiger partial charge in [0.25, 0.3) is 0 Å². The van der Waals surface area contributed by atoms with Crippen LogP contribution in [0.4, 0.5) is 15.8 Å². The average Bonchev–Trinajstić information content (AvgIpc) is 2.82. The van der Waals surface area contributed by atoms with E-state index in [-0.39, 0.29) is 5.69 Å². The van der Waals surface area contributed by atoms with Gasteiger partial charge in [-0.15, -0.1) is 0 Å². The first-order valence-corrected chi connectivity index (χ1v) is 5.11. The van der Waals surface area contributed by atoms with Gasteiger partial charge in [0.05, 0.1) is 35.5 Å². The molecule has 5 N–H and O–H groups in total. The minimum atomic E-state index is -1.35. The SMILES string of the molecule is Nc1cc(C(=O)O)c(F)cc1NCc1cnc[nH]1. The highest BCUT2D eigenvalue weighted by Crippen LogP contribution is 2.23. The minimum absolute atomic E-state index is 0.174. The van der Waals surface area contributed by atoms with Crippen LogP contribution in [-0.4, -0.2) is 21.0 Å². The molecule has 1 aromatic carbocycles. The number of aromatic amines is 1. The molecule has 0 saturated heterocycles. The third-order valence-electron chi connectivity index (χ3n) is 2.39. The van der Waals surface area contributed by atoms with Crippen molar-refractivity contribution in [3.63, 3.8) is 0 Å². The molecule has 1 heterocycles. The molecule has 0 fully saturated rings. The van der Waals surface area contributed by atoms with Crippen molar-refractivity contribution in [1.82, 2.24) is 9.97 Å². The lowest BCUT2D eigenvalue weighted by Gasteiger charge is -2.09. The maximum absolute atomic E-state index is 13.5. The van der Waals surface area contributed by atoms with Gasteiger partial charge in [0, 0.05) is 6.20 Å². The molecule has 0 saturated carbocycles. The maximum Gasteiger partial charge on any atom is 0.338 e. The van der Waals surface area contributed by atoms with Gasteiger partial charge in [-0.05, 0) is 12.1 Å². The van der Waals surface area contributed by atoms with Crippen LogP contribution in [0.15, 0.2) is 24.7 Å². The normalized spacial score (nSPS) is 10.3. The number of H-pyrrole nitrogens is 1. The number of aromatic carboxylic acids is 1. The topological polar surface area (TPSA) is 104 Å². The number of carbonyl (C=O) groups is 1. The molecular weight excluding hydrogens is 239 g/mol. The molecule has 1 aromatic heterocycles. The summed E-state index contributed by atoms with van der Waals surface area (Å²) in [5, 5.41) is 11.6. The monoisotopic (exact) mass is 250 g/mol. The first-order valence-electron chi connectivity index (χ1n) is 5.11. The number of carboxylic acid groups (broad SMARTS) is 1. The zero-order chi connectivity index (χ0) is 13.1. The van der Waals surface area contributed by atoms with Crippen LogP contribution in [0, 0.1) is 5.82 Å². The van der Waals surface area contributed by atoms with Crippen LogP contribution in [0.5, 0.6) is 0 Å². The third kappa shape index (κ3) is 2.40. The summed E-state index contributed by atoms with van der Waals surface area (Å²) >= 11 is 0. The van der Waals surface area contributed by atoms with Crippen molar-refractivity contribution in [2.24, 2.45) is 0 Å². The Bertz CT molecular complexity index is 569. The lowest BCUT2D eigenvalue weighted by Crippen LogP contribution is -2.07. The number of rotatable bonds is 4. The fourth-order valence-corrected chi connectivity index (χ4v) is 1.48. The zero-order valence-electron chi connectivity index (χ0n) is 9.27. The number of halogens is 1. The van der Waals surface area contributed by atoms with Gasteiger partial charge in [0.2, 0.25) is 0 Å². The van der Waals surface area contributed by atoms with Crippen LogP contribution in [-0.2, 0) is 6.54 Å². The molecule has 2 rings (SSSR count). The maximum atomic E-state index is 13.5. The molecule has 0 bridgehead atoms. The summed E-state index contributed by atoms with van der Waals surface area (Å²) in [4.78, 5) is 17.4. The third-order valence-corrected chi connectivity index (χ3v) is 2.39. The van der Waals surface area contributed by atoms with Gasteiger partial charge in [-0.25, -0.2) is 14.2 Å². The molecule has 7 heteroatoms. The van der Waals surface area contributed by atoms with Gasteiger partial charge < -0.3 is 21.1 Å². The summed E-state index contributed by atoms with van der Waals surface area (Å²) in [7, 11) is 0. The number of nitrogens with zero attached hydrogens (tertiary/aromatic N) is 1. The smallest absolute Gasteiger partial charge is 0.338 e. The number of benzene rings is 1. The van der Waals surface area contributed by atoms with Gasteiger partial charge in [0.1, 0.15) is 5.82 Å². The fraction of sp³-hybridized carbons (Fsp3) is 0.0909. The van der Waals surface area contributed by atoms with Gasteiger partial charge >= 0.3 is 5.97 Å². The molecule has 0 aliphatic rings. The predicted octanol–water partition coefficient (Wildman–Crippen LogP) is 1.44. The van der Waals surface area contributed by atoms with Crippen molar-refractivity contribution in [1.29, 1.82) is 0 Å². The molecule has 94 valence electrons. The van der Waals surface area contributed by atoms with E-state index in [1.807, 2.05) is 0 Å². The highest BCUT2D eigenvalue weighted by atomic mass is 19.1. The molecule has 0 aliphatic carbocycles. The van der Waals surface area contributed by atoms with Gasteiger partial charge in [-0.2, -0.15) is 0 Å². The van der Waals surface area contributed by atoms with Crippen molar-refractivity contribution in [2.75, 3.05) is 11.1 Å². The Morgan fingerprint density at radius 3 is 2.94 bits per heavy atom. The van der Waals surface area contributed by atoms with Crippen LogP contribution in [0.25, 0.3) is 0 Å². The fourth-order valence-electron chi connectivity index (χ4n) is 1.48. The molecule has 2 aromatic rings. The van der Waals surface area contributed by atoms with Crippen molar-refractivity contribution in [2.45, 2.75) is 6.54 Å². The largest absolute Gasteiger partial charge is 0.478 e. The van der Waals surface area contributed by atoms with Crippen LogP contribution >= 0.6 is 0 Å². The average molecular weight is 250 g/mol. The van der Waals surface area contributed by atoms with Crippen LogP contribution in [0.1, 0.15) is 16.1 Å². The second kappa shape index (κ2) is 4.74. The van der Waals surface area contributed by atoms with E-state index in [2.05, 4.69) is 15.3 Å². The number of nitrogen functional groups attached to an aromatic ring is 1. The Hall–Kier alpha value is -2.57. The number of nitrogens with two attached hydrogens (primary N) is 1. The van der Waals surface area contributed by atoms with E-state index in [1.54, 1.807) is 6.20 Å². The standard InChI is InChI=1S/C11H11FN4O2/c12-8-2-10(9(13)1-7(8)11(17)18)15-4-6-3-14-5-16-6/h1-3,5,15H,4,13H2,(H,14,16)(H,17,18). The molecular formula is C11H11FN4O2. The molecule has 0 unspecified atom stereocenters. The summed E-state index contributed by atoms with van der Waals surface area (Å²) in [6, 6.07) is 2.15. The number of aromatic nitrogens is 2. The number of imidazole rings is 1.